The van der Waals surface area contributed by atoms with Crippen molar-refractivity contribution in [1.82, 2.24) is 10.0 Å². The SMILES string of the molecule is COc1cc2c(cc1OC)SNC(C(=O)N[C@H](C=O)Cc1ccccc1)C2. The molecule has 2 N–H and O–H groups in total. The highest BCUT2D eigenvalue weighted by Gasteiger charge is 2.28. The normalized spacial score (nSPS) is 16.7. The van der Waals surface area contributed by atoms with Gasteiger partial charge in [-0.2, -0.15) is 0 Å². The van der Waals surface area contributed by atoms with E-state index in [4.69, 9.17) is 9.47 Å². The summed E-state index contributed by atoms with van der Waals surface area (Å²) in [6.07, 6.45) is 1.76. The van der Waals surface area contributed by atoms with Gasteiger partial charge in [0, 0.05) is 4.90 Å². The number of nitrogens with one attached hydrogen (secondary N) is 2. The van der Waals surface area contributed by atoms with Crippen molar-refractivity contribution in [2.24, 2.45) is 0 Å². The molecule has 0 fully saturated rings. The maximum Gasteiger partial charge on any atom is 0.238 e. The molecule has 1 heterocycles. The Labute approximate surface area is 162 Å². The number of amides is 1. The molecule has 1 amide bonds. The molecule has 2 aromatic carbocycles. The van der Waals surface area contributed by atoms with Gasteiger partial charge < -0.3 is 19.6 Å². The summed E-state index contributed by atoms with van der Waals surface area (Å²) < 4.78 is 13.8. The van der Waals surface area contributed by atoms with Crippen LogP contribution in [0.1, 0.15) is 11.1 Å². The standard InChI is InChI=1S/C20H22N2O4S/c1-25-17-10-14-9-16(22-27-19(14)11-18(17)26-2)20(24)21-15(12-23)8-13-6-4-3-5-7-13/h3-7,10-12,15-16,22H,8-9H2,1-2H3,(H,21,24)/t15-,16?/m0/s1. The van der Waals surface area contributed by atoms with E-state index in [2.05, 4.69) is 10.0 Å². The lowest BCUT2D eigenvalue weighted by atomic mass is 10.0. The van der Waals surface area contributed by atoms with Gasteiger partial charge in [-0.25, -0.2) is 4.72 Å². The highest BCUT2D eigenvalue weighted by atomic mass is 32.2. The Bertz CT molecular complexity index is 813. The molecule has 27 heavy (non-hydrogen) atoms. The number of fused-ring (bicyclic) bond motifs is 1. The van der Waals surface area contributed by atoms with Gasteiger partial charge in [0.25, 0.3) is 0 Å². The molecule has 6 nitrogen and oxygen atoms in total. The molecule has 2 atom stereocenters. The van der Waals surface area contributed by atoms with Gasteiger partial charge in [-0.3, -0.25) is 4.79 Å². The molecule has 7 heteroatoms. The van der Waals surface area contributed by atoms with Crippen molar-refractivity contribution in [2.75, 3.05) is 14.2 Å². The molecule has 1 aliphatic heterocycles. The van der Waals surface area contributed by atoms with Gasteiger partial charge in [0.1, 0.15) is 12.3 Å². The van der Waals surface area contributed by atoms with Gasteiger partial charge in [-0.05, 0) is 48.0 Å². The van der Waals surface area contributed by atoms with Gasteiger partial charge in [-0.1, -0.05) is 30.3 Å². The van der Waals surface area contributed by atoms with Gasteiger partial charge >= 0.3 is 0 Å². The first-order valence-electron chi connectivity index (χ1n) is 8.61. The smallest absolute Gasteiger partial charge is 0.238 e. The first-order valence-corrected chi connectivity index (χ1v) is 9.43. The second kappa shape index (κ2) is 8.92. The number of ether oxygens (including phenoxy) is 2. The van der Waals surface area contributed by atoms with Crippen molar-refractivity contribution in [2.45, 2.75) is 29.8 Å². The lowest BCUT2D eigenvalue weighted by molar-refractivity contribution is -0.125. The lowest BCUT2D eigenvalue weighted by Gasteiger charge is -2.26. The van der Waals surface area contributed by atoms with Crippen LogP contribution in [0.4, 0.5) is 0 Å². The molecule has 0 saturated heterocycles. The summed E-state index contributed by atoms with van der Waals surface area (Å²) >= 11 is 1.38. The summed E-state index contributed by atoms with van der Waals surface area (Å²) in [7, 11) is 3.18. The topological polar surface area (TPSA) is 76.7 Å². The maximum atomic E-state index is 12.6. The number of benzene rings is 2. The third kappa shape index (κ3) is 4.61. The summed E-state index contributed by atoms with van der Waals surface area (Å²) in [5, 5.41) is 2.83. The van der Waals surface area contributed by atoms with Gasteiger partial charge in [0.2, 0.25) is 5.91 Å². The second-order valence-corrected chi connectivity index (χ2v) is 7.11. The Morgan fingerprint density at radius 3 is 2.63 bits per heavy atom. The largest absolute Gasteiger partial charge is 0.493 e. The summed E-state index contributed by atoms with van der Waals surface area (Å²) in [6.45, 7) is 0. The minimum Gasteiger partial charge on any atom is -0.493 e. The van der Waals surface area contributed by atoms with E-state index in [0.29, 0.717) is 24.3 Å². The van der Waals surface area contributed by atoms with Crippen molar-refractivity contribution in [3.05, 3.63) is 53.6 Å². The molecule has 1 aliphatic rings. The van der Waals surface area contributed by atoms with Crippen LogP contribution < -0.4 is 19.5 Å². The van der Waals surface area contributed by atoms with E-state index >= 15 is 0 Å². The highest BCUT2D eigenvalue weighted by Crippen LogP contribution is 2.37. The van der Waals surface area contributed by atoms with Crippen molar-refractivity contribution >= 4 is 24.1 Å². The summed E-state index contributed by atoms with van der Waals surface area (Å²) in [4.78, 5) is 25.0. The Hall–Kier alpha value is -2.51. The molecule has 3 rings (SSSR count). The quantitative estimate of drug-likeness (QED) is 0.561. The molecule has 0 radical (unpaired) electrons. The summed E-state index contributed by atoms with van der Waals surface area (Å²) in [5.41, 5.74) is 2.00. The molecule has 1 unspecified atom stereocenters. The van der Waals surface area contributed by atoms with Gasteiger partial charge in [0.15, 0.2) is 11.5 Å². The van der Waals surface area contributed by atoms with Gasteiger partial charge in [0.05, 0.1) is 20.3 Å². The number of hydrogen-bond donors (Lipinski definition) is 2. The lowest BCUT2D eigenvalue weighted by Crippen LogP contribution is -2.49. The Morgan fingerprint density at radius 1 is 1.26 bits per heavy atom. The molecule has 0 bridgehead atoms. The minimum absolute atomic E-state index is 0.198. The number of carbonyl (C=O) groups excluding carboxylic acids is 2. The fourth-order valence-electron chi connectivity index (χ4n) is 2.98. The third-order valence-electron chi connectivity index (χ3n) is 4.41. The van der Waals surface area contributed by atoms with E-state index in [-0.39, 0.29) is 5.91 Å². The highest BCUT2D eigenvalue weighted by molar-refractivity contribution is 7.97. The Balaban J connectivity index is 1.67. The molecule has 0 saturated carbocycles. The maximum absolute atomic E-state index is 12.6. The fraction of sp³-hybridized carbons (Fsp3) is 0.300. The zero-order chi connectivity index (χ0) is 19.2. The van der Waals surface area contributed by atoms with Crippen LogP contribution in [0.3, 0.4) is 0 Å². The Morgan fingerprint density at radius 2 is 1.96 bits per heavy atom. The van der Waals surface area contributed by atoms with Crippen molar-refractivity contribution in [3.8, 4) is 11.5 Å². The molecule has 0 aliphatic carbocycles. The monoisotopic (exact) mass is 386 g/mol. The zero-order valence-corrected chi connectivity index (χ0v) is 16.0. The number of rotatable bonds is 7. The average molecular weight is 386 g/mol. The number of methoxy groups -OCH3 is 2. The van der Waals surface area contributed by atoms with Crippen LogP contribution in [0.5, 0.6) is 11.5 Å². The summed E-state index contributed by atoms with van der Waals surface area (Å²) in [5.74, 6) is 1.08. The van der Waals surface area contributed by atoms with Crippen LogP contribution >= 0.6 is 11.9 Å². The molecule has 142 valence electrons. The fourth-order valence-corrected chi connectivity index (χ4v) is 3.88. The van der Waals surface area contributed by atoms with Gasteiger partial charge in [-0.15, -0.1) is 0 Å². The molecular formula is C20H22N2O4S. The van der Waals surface area contributed by atoms with E-state index in [1.165, 1.54) is 11.9 Å². The van der Waals surface area contributed by atoms with E-state index in [0.717, 1.165) is 22.3 Å². The predicted octanol–water partition coefficient (Wildman–Crippen LogP) is 2.15. The van der Waals surface area contributed by atoms with E-state index in [9.17, 15) is 9.59 Å². The first kappa shape index (κ1) is 19.3. The van der Waals surface area contributed by atoms with E-state index in [1.807, 2.05) is 42.5 Å². The Kier molecular flexibility index (Phi) is 6.36. The van der Waals surface area contributed by atoms with Crippen LogP contribution in [0.25, 0.3) is 0 Å². The second-order valence-electron chi connectivity index (χ2n) is 6.23. The van der Waals surface area contributed by atoms with E-state index < -0.39 is 12.1 Å². The minimum atomic E-state index is -0.557. The molecular weight excluding hydrogens is 364 g/mol. The van der Waals surface area contributed by atoms with Crippen LogP contribution in [0, 0.1) is 0 Å². The zero-order valence-electron chi connectivity index (χ0n) is 15.2. The number of carbonyl (C=O) groups is 2. The molecule has 0 aromatic heterocycles. The third-order valence-corrected chi connectivity index (χ3v) is 5.41. The number of hydrogen-bond acceptors (Lipinski definition) is 6. The summed E-state index contributed by atoms with van der Waals surface area (Å²) in [6, 6.07) is 12.4. The van der Waals surface area contributed by atoms with E-state index in [1.54, 1.807) is 14.2 Å². The van der Waals surface area contributed by atoms with Crippen LogP contribution in [-0.2, 0) is 22.4 Å². The molecule has 0 spiro atoms. The number of aldehydes is 1. The van der Waals surface area contributed by atoms with Crippen molar-refractivity contribution < 1.29 is 19.1 Å². The molecule has 2 aromatic rings. The van der Waals surface area contributed by atoms with Crippen molar-refractivity contribution in [3.63, 3.8) is 0 Å². The van der Waals surface area contributed by atoms with Crippen LogP contribution in [0.15, 0.2) is 47.4 Å². The van der Waals surface area contributed by atoms with Crippen LogP contribution in [0.2, 0.25) is 0 Å². The average Bonchev–Trinajstić information content (AvgIpc) is 2.72. The van der Waals surface area contributed by atoms with Crippen molar-refractivity contribution in [1.29, 1.82) is 0 Å². The van der Waals surface area contributed by atoms with Crippen LogP contribution in [-0.4, -0.2) is 38.5 Å². The first-order chi connectivity index (χ1) is 13.1. The predicted molar refractivity (Wildman–Crippen MR) is 104 cm³/mol.